The molecule has 8 heteroatoms. The summed E-state index contributed by atoms with van der Waals surface area (Å²) in [6.45, 7) is 4.34. The Bertz CT molecular complexity index is 1210. The summed E-state index contributed by atoms with van der Waals surface area (Å²) in [6, 6.07) is 11.2. The molecule has 34 heavy (non-hydrogen) atoms. The second-order valence-electron chi connectivity index (χ2n) is 7.64. The SMILES string of the molecule is CC=C(c1c(F)cccc1Cl)N(C)c1ncc(-c2cc(C(N)=O)ccc2Cl)cc1OCCCC. The van der Waals surface area contributed by atoms with Crippen LogP contribution in [-0.4, -0.2) is 24.5 Å². The summed E-state index contributed by atoms with van der Waals surface area (Å²) in [6.07, 6.45) is 5.19. The zero-order valence-corrected chi connectivity index (χ0v) is 20.8. The standard InChI is InChI=1S/C26H26Cl2FN3O2/c1-4-6-12-34-23-14-17(18-13-16(25(30)33)10-11-19(18)27)15-31-26(23)32(3)22(5-2)24-20(28)8-7-9-21(24)29/h5,7-11,13-15H,4,6,12H2,1-3H3,(H2,30,33). The van der Waals surface area contributed by atoms with Crippen molar-refractivity contribution in [3.8, 4) is 16.9 Å². The van der Waals surface area contributed by atoms with Crippen LogP contribution in [0.1, 0.15) is 42.6 Å². The first-order chi connectivity index (χ1) is 16.3. The van der Waals surface area contributed by atoms with Crippen molar-refractivity contribution >= 4 is 40.6 Å². The number of hydrogen-bond donors (Lipinski definition) is 1. The van der Waals surface area contributed by atoms with Gasteiger partial charge < -0.3 is 15.4 Å². The molecule has 2 N–H and O–H groups in total. The molecule has 178 valence electrons. The smallest absolute Gasteiger partial charge is 0.248 e. The van der Waals surface area contributed by atoms with Crippen LogP contribution in [0.2, 0.25) is 10.0 Å². The third-order valence-corrected chi connectivity index (χ3v) is 5.97. The number of amides is 1. The first-order valence-corrected chi connectivity index (χ1v) is 11.6. The molecule has 0 aliphatic carbocycles. The van der Waals surface area contributed by atoms with Crippen molar-refractivity contribution in [2.45, 2.75) is 26.7 Å². The number of halogens is 3. The molecule has 1 aromatic heterocycles. The van der Waals surface area contributed by atoms with E-state index in [1.165, 1.54) is 6.07 Å². The highest BCUT2D eigenvalue weighted by molar-refractivity contribution is 6.33. The predicted molar refractivity (Wildman–Crippen MR) is 137 cm³/mol. The number of carbonyl (C=O) groups is 1. The second-order valence-corrected chi connectivity index (χ2v) is 8.45. The summed E-state index contributed by atoms with van der Waals surface area (Å²) in [5, 5.41) is 0.736. The molecule has 0 atom stereocenters. The molecule has 2 aromatic carbocycles. The number of carbonyl (C=O) groups excluding carboxylic acids is 1. The zero-order chi connectivity index (χ0) is 24.8. The number of pyridine rings is 1. The lowest BCUT2D eigenvalue weighted by Crippen LogP contribution is -2.19. The Kier molecular flexibility index (Phi) is 8.53. The molecule has 0 aliphatic rings. The minimum absolute atomic E-state index is 0.275. The Morgan fingerprint density at radius 3 is 2.62 bits per heavy atom. The van der Waals surface area contributed by atoms with Gasteiger partial charge in [0, 0.05) is 40.7 Å². The van der Waals surface area contributed by atoms with Crippen LogP contribution in [0.5, 0.6) is 5.75 Å². The van der Waals surface area contributed by atoms with Crippen LogP contribution in [0.4, 0.5) is 10.2 Å². The number of nitrogens with two attached hydrogens (primary N) is 1. The summed E-state index contributed by atoms with van der Waals surface area (Å²) in [4.78, 5) is 18.0. The maximum atomic E-state index is 14.7. The van der Waals surface area contributed by atoms with Gasteiger partial charge in [-0.2, -0.15) is 0 Å². The molecule has 5 nitrogen and oxygen atoms in total. The molecule has 0 saturated carbocycles. The maximum absolute atomic E-state index is 14.7. The highest BCUT2D eigenvalue weighted by Crippen LogP contribution is 2.38. The summed E-state index contributed by atoms with van der Waals surface area (Å²) >= 11 is 12.7. The minimum atomic E-state index is -0.555. The average Bonchev–Trinajstić information content (AvgIpc) is 2.81. The Labute approximate surface area is 209 Å². The highest BCUT2D eigenvalue weighted by atomic mass is 35.5. The molecule has 0 unspecified atom stereocenters. The van der Waals surface area contributed by atoms with Crippen molar-refractivity contribution < 1.29 is 13.9 Å². The Morgan fingerprint density at radius 2 is 1.97 bits per heavy atom. The van der Waals surface area contributed by atoms with E-state index in [9.17, 15) is 9.18 Å². The summed E-state index contributed by atoms with van der Waals surface area (Å²) < 4.78 is 20.8. The van der Waals surface area contributed by atoms with Crippen LogP contribution in [0.25, 0.3) is 16.8 Å². The quantitative estimate of drug-likeness (QED) is 0.321. The molecule has 0 aliphatic heterocycles. The molecule has 1 heterocycles. The normalized spacial score (nSPS) is 11.4. The van der Waals surface area contributed by atoms with E-state index in [-0.39, 0.29) is 5.56 Å². The largest absolute Gasteiger partial charge is 0.490 e. The molecule has 0 saturated heterocycles. The average molecular weight is 502 g/mol. The second kappa shape index (κ2) is 11.4. The van der Waals surface area contributed by atoms with Crippen LogP contribution in [0.3, 0.4) is 0 Å². The first-order valence-electron chi connectivity index (χ1n) is 10.8. The lowest BCUT2D eigenvalue weighted by molar-refractivity contribution is 0.100. The molecular weight excluding hydrogens is 476 g/mol. The summed E-state index contributed by atoms with van der Waals surface area (Å²) in [5.74, 6) is -0.0241. The summed E-state index contributed by atoms with van der Waals surface area (Å²) in [7, 11) is 1.77. The van der Waals surface area contributed by atoms with Crippen molar-refractivity contribution in [3.05, 3.63) is 81.7 Å². The number of rotatable bonds is 9. The molecule has 3 rings (SSSR count). The number of nitrogens with zero attached hydrogens (tertiary/aromatic N) is 2. The van der Waals surface area contributed by atoms with E-state index in [0.717, 1.165) is 12.8 Å². The number of aromatic nitrogens is 1. The van der Waals surface area contributed by atoms with Gasteiger partial charge in [0.1, 0.15) is 5.82 Å². The molecule has 0 radical (unpaired) electrons. The van der Waals surface area contributed by atoms with Crippen LogP contribution in [0.15, 0.2) is 54.7 Å². The van der Waals surface area contributed by atoms with E-state index < -0.39 is 11.7 Å². The maximum Gasteiger partial charge on any atom is 0.248 e. The fraction of sp³-hybridized carbons (Fsp3) is 0.231. The number of allylic oxidation sites excluding steroid dienone is 1. The minimum Gasteiger partial charge on any atom is -0.490 e. The van der Waals surface area contributed by atoms with E-state index in [0.29, 0.717) is 50.6 Å². The van der Waals surface area contributed by atoms with E-state index in [2.05, 4.69) is 11.9 Å². The van der Waals surface area contributed by atoms with Crippen molar-refractivity contribution in [1.29, 1.82) is 0 Å². The fourth-order valence-electron chi connectivity index (χ4n) is 3.53. The zero-order valence-electron chi connectivity index (χ0n) is 19.2. The van der Waals surface area contributed by atoms with Crippen molar-refractivity contribution in [2.75, 3.05) is 18.6 Å². The number of benzene rings is 2. The molecule has 0 spiro atoms. The molecular formula is C26H26Cl2FN3O2. The summed E-state index contributed by atoms with van der Waals surface area (Å²) in [5.41, 5.74) is 7.84. The van der Waals surface area contributed by atoms with Gasteiger partial charge in [-0.15, -0.1) is 0 Å². The van der Waals surface area contributed by atoms with Crippen LogP contribution in [-0.2, 0) is 0 Å². The Morgan fingerprint density at radius 1 is 1.21 bits per heavy atom. The van der Waals surface area contributed by atoms with E-state index in [1.807, 2.05) is 0 Å². The van der Waals surface area contributed by atoms with Gasteiger partial charge in [0.05, 0.1) is 17.2 Å². The van der Waals surface area contributed by atoms with Crippen molar-refractivity contribution in [1.82, 2.24) is 4.98 Å². The van der Waals surface area contributed by atoms with Crippen molar-refractivity contribution in [3.63, 3.8) is 0 Å². The van der Waals surface area contributed by atoms with Crippen LogP contribution in [0, 0.1) is 5.82 Å². The van der Waals surface area contributed by atoms with Gasteiger partial charge in [-0.05, 0) is 49.7 Å². The van der Waals surface area contributed by atoms with Gasteiger partial charge in [-0.3, -0.25) is 4.79 Å². The lowest BCUT2D eigenvalue weighted by Gasteiger charge is -2.25. The van der Waals surface area contributed by atoms with Gasteiger partial charge in [0.2, 0.25) is 5.91 Å². The monoisotopic (exact) mass is 501 g/mol. The van der Waals surface area contributed by atoms with E-state index in [4.69, 9.17) is 33.7 Å². The Hall–Kier alpha value is -3.09. The fourth-order valence-corrected chi connectivity index (χ4v) is 4.02. The first kappa shape index (κ1) is 25.5. The predicted octanol–water partition coefficient (Wildman–Crippen LogP) is 6.97. The van der Waals surface area contributed by atoms with Gasteiger partial charge >= 0.3 is 0 Å². The van der Waals surface area contributed by atoms with Gasteiger partial charge in [0.15, 0.2) is 11.6 Å². The van der Waals surface area contributed by atoms with Gasteiger partial charge in [-0.25, -0.2) is 9.37 Å². The number of anilines is 1. The van der Waals surface area contributed by atoms with E-state index >= 15 is 0 Å². The molecule has 0 bridgehead atoms. The van der Waals surface area contributed by atoms with Crippen LogP contribution < -0.4 is 15.4 Å². The molecule has 1 amide bonds. The number of unbranched alkanes of at least 4 members (excludes halogenated alkanes) is 1. The van der Waals surface area contributed by atoms with E-state index in [1.54, 1.807) is 67.5 Å². The van der Waals surface area contributed by atoms with Crippen molar-refractivity contribution in [2.24, 2.45) is 5.73 Å². The third kappa shape index (κ3) is 5.51. The topological polar surface area (TPSA) is 68.5 Å². The highest BCUT2D eigenvalue weighted by Gasteiger charge is 2.21. The lowest BCUT2D eigenvalue weighted by atomic mass is 10.0. The van der Waals surface area contributed by atoms with Crippen LogP contribution >= 0.6 is 23.2 Å². The van der Waals surface area contributed by atoms with Gasteiger partial charge in [0.25, 0.3) is 0 Å². The number of primary amides is 1. The third-order valence-electron chi connectivity index (χ3n) is 5.32. The Balaban J connectivity index is 2.10. The number of hydrogen-bond acceptors (Lipinski definition) is 4. The molecule has 3 aromatic rings. The number of ether oxygens (including phenoxy) is 1. The molecule has 0 fully saturated rings. The van der Waals surface area contributed by atoms with Gasteiger partial charge in [-0.1, -0.05) is 48.7 Å².